The molecule has 3 rings (SSSR count). The van der Waals surface area contributed by atoms with Crippen molar-refractivity contribution in [2.75, 3.05) is 11.1 Å². The standard InChI is InChI=1S/C14H17N3/c1-9-7-14(17-11-3-2-4-11)12-8-10(15)5-6-13(12)16-9/h5-8,11H,2-4,15H2,1H3,(H,16,17). The molecule has 0 radical (unpaired) electrons. The van der Waals surface area contributed by atoms with Crippen LogP contribution in [-0.2, 0) is 0 Å². The minimum Gasteiger partial charge on any atom is -0.399 e. The highest BCUT2D eigenvalue weighted by Gasteiger charge is 2.18. The van der Waals surface area contributed by atoms with Gasteiger partial charge in [-0.05, 0) is 50.5 Å². The lowest BCUT2D eigenvalue weighted by Crippen LogP contribution is -2.27. The smallest absolute Gasteiger partial charge is 0.0727 e. The maximum absolute atomic E-state index is 5.85. The molecule has 88 valence electrons. The van der Waals surface area contributed by atoms with E-state index in [0.717, 1.165) is 22.3 Å². The van der Waals surface area contributed by atoms with Gasteiger partial charge < -0.3 is 11.1 Å². The molecule has 1 saturated carbocycles. The second-order valence-corrected chi connectivity index (χ2v) is 4.86. The van der Waals surface area contributed by atoms with Crippen molar-refractivity contribution in [3.8, 4) is 0 Å². The number of nitrogens with two attached hydrogens (primary N) is 1. The summed E-state index contributed by atoms with van der Waals surface area (Å²) in [5, 5.41) is 4.72. The van der Waals surface area contributed by atoms with Gasteiger partial charge in [0.1, 0.15) is 0 Å². The van der Waals surface area contributed by atoms with Crippen LogP contribution in [0.5, 0.6) is 0 Å². The molecule has 0 bridgehead atoms. The average Bonchev–Trinajstić information content (AvgIpc) is 2.24. The fourth-order valence-corrected chi connectivity index (χ4v) is 2.27. The van der Waals surface area contributed by atoms with Crippen LogP contribution < -0.4 is 11.1 Å². The molecule has 2 aromatic rings. The number of fused-ring (bicyclic) bond motifs is 1. The first-order valence-electron chi connectivity index (χ1n) is 6.16. The van der Waals surface area contributed by atoms with Crippen LogP contribution >= 0.6 is 0 Å². The summed E-state index contributed by atoms with van der Waals surface area (Å²) in [7, 11) is 0. The molecule has 1 aliphatic rings. The predicted octanol–water partition coefficient (Wildman–Crippen LogP) is 3.09. The molecule has 1 heterocycles. The number of aryl methyl sites for hydroxylation is 1. The molecule has 0 spiro atoms. The fourth-order valence-electron chi connectivity index (χ4n) is 2.27. The molecule has 3 heteroatoms. The van der Waals surface area contributed by atoms with Gasteiger partial charge in [0.05, 0.1) is 5.52 Å². The van der Waals surface area contributed by atoms with Gasteiger partial charge in [0.15, 0.2) is 0 Å². The van der Waals surface area contributed by atoms with Crippen LogP contribution in [0.25, 0.3) is 10.9 Å². The van der Waals surface area contributed by atoms with E-state index in [1.165, 1.54) is 24.9 Å². The highest BCUT2D eigenvalue weighted by molar-refractivity contribution is 5.93. The first kappa shape index (κ1) is 10.4. The number of pyridine rings is 1. The van der Waals surface area contributed by atoms with Crippen molar-refractivity contribution in [3.05, 3.63) is 30.0 Å². The number of nitrogens with one attached hydrogen (secondary N) is 1. The maximum atomic E-state index is 5.85. The van der Waals surface area contributed by atoms with E-state index in [0.29, 0.717) is 6.04 Å². The molecular weight excluding hydrogens is 210 g/mol. The van der Waals surface area contributed by atoms with Crippen molar-refractivity contribution in [1.82, 2.24) is 4.98 Å². The Bertz CT molecular complexity index is 559. The van der Waals surface area contributed by atoms with Crippen molar-refractivity contribution >= 4 is 22.3 Å². The fraction of sp³-hybridized carbons (Fsp3) is 0.357. The number of nitrogens with zero attached hydrogens (tertiary/aromatic N) is 1. The zero-order chi connectivity index (χ0) is 11.8. The molecule has 1 aliphatic carbocycles. The summed E-state index contributed by atoms with van der Waals surface area (Å²) in [6.45, 7) is 2.03. The maximum Gasteiger partial charge on any atom is 0.0727 e. The lowest BCUT2D eigenvalue weighted by Gasteiger charge is -2.28. The summed E-state index contributed by atoms with van der Waals surface area (Å²) in [5.41, 5.74) is 9.88. The zero-order valence-corrected chi connectivity index (χ0v) is 10.0. The molecule has 1 aromatic heterocycles. The highest BCUT2D eigenvalue weighted by Crippen LogP contribution is 2.29. The number of rotatable bonds is 2. The molecule has 0 amide bonds. The van der Waals surface area contributed by atoms with E-state index in [-0.39, 0.29) is 0 Å². The quantitative estimate of drug-likeness (QED) is 0.775. The number of nitrogen functional groups attached to an aromatic ring is 1. The first-order chi connectivity index (χ1) is 8.22. The molecule has 0 atom stereocenters. The van der Waals surface area contributed by atoms with E-state index in [9.17, 15) is 0 Å². The molecule has 0 aliphatic heterocycles. The lowest BCUT2D eigenvalue weighted by atomic mass is 9.92. The van der Waals surface area contributed by atoms with E-state index >= 15 is 0 Å². The SMILES string of the molecule is Cc1cc(NC2CCC2)c2cc(N)ccc2n1. The third-order valence-electron chi connectivity index (χ3n) is 3.43. The first-order valence-corrected chi connectivity index (χ1v) is 6.16. The van der Waals surface area contributed by atoms with E-state index in [1.54, 1.807) is 0 Å². The van der Waals surface area contributed by atoms with E-state index in [2.05, 4.69) is 16.4 Å². The highest BCUT2D eigenvalue weighted by atomic mass is 14.9. The van der Waals surface area contributed by atoms with Crippen LogP contribution in [0.15, 0.2) is 24.3 Å². The van der Waals surface area contributed by atoms with Gasteiger partial charge in [-0.25, -0.2) is 0 Å². The topological polar surface area (TPSA) is 50.9 Å². The molecule has 0 saturated heterocycles. The molecule has 17 heavy (non-hydrogen) atoms. The number of hydrogen-bond acceptors (Lipinski definition) is 3. The third kappa shape index (κ3) is 1.93. The largest absolute Gasteiger partial charge is 0.399 e. The van der Waals surface area contributed by atoms with Crippen molar-refractivity contribution < 1.29 is 0 Å². The normalized spacial score (nSPS) is 15.8. The van der Waals surface area contributed by atoms with Crippen molar-refractivity contribution in [2.24, 2.45) is 0 Å². The Labute approximate surface area is 101 Å². The lowest BCUT2D eigenvalue weighted by molar-refractivity contribution is 0.446. The minimum atomic E-state index is 0.626. The third-order valence-corrected chi connectivity index (χ3v) is 3.43. The second-order valence-electron chi connectivity index (χ2n) is 4.86. The van der Waals surface area contributed by atoms with Crippen LogP contribution in [0.3, 0.4) is 0 Å². The molecule has 3 nitrogen and oxygen atoms in total. The van der Waals surface area contributed by atoms with E-state index in [4.69, 9.17) is 5.73 Å². The van der Waals surface area contributed by atoms with Crippen molar-refractivity contribution in [2.45, 2.75) is 32.2 Å². The van der Waals surface area contributed by atoms with E-state index in [1.807, 2.05) is 25.1 Å². The Morgan fingerprint density at radius 1 is 1.29 bits per heavy atom. The van der Waals surface area contributed by atoms with Crippen LogP contribution in [0.1, 0.15) is 25.0 Å². The summed E-state index contributed by atoms with van der Waals surface area (Å²) in [5.74, 6) is 0. The molecule has 1 aromatic carbocycles. The Morgan fingerprint density at radius 2 is 2.12 bits per heavy atom. The summed E-state index contributed by atoms with van der Waals surface area (Å²) in [6, 6.07) is 8.63. The Kier molecular flexibility index (Phi) is 2.39. The van der Waals surface area contributed by atoms with Crippen LogP contribution in [0, 0.1) is 6.92 Å². The van der Waals surface area contributed by atoms with Gasteiger partial charge in [-0.1, -0.05) is 0 Å². The molecule has 1 fully saturated rings. The molecule has 0 unspecified atom stereocenters. The van der Waals surface area contributed by atoms with Gasteiger partial charge in [0.25, 0.3) is 0 Å². The summed E-state index contributed by atoms with van der Waals surface area (Å²) < 4.78 is 0. The molecular formula is C14H17N3. The summed E-state index contributed by atoms with van der Waals surface area (Å²) >= 11 is 0. The van der Waals surface area contributed by atoms with Gasteiger partial charge in [0, 0.05) is 28.5 Å². The van der Waals surface area contributed by atoms with Gasteiger partial charge in [0.2, 0.25) is 0 Å². The van der Waals surface area contributed by atoms with Crippen molar-refractivity contribution in [1.29, 1.82) is 0 Å². The van der Waals surface area contributed by atoms with Gasteiger partial charge in [-0.15, -0.1) is 0 Å². The minimum absolute atomic E-state index is 0.626. The number of aromatic nitrogens is 1. The van der Waals surface area contributed by atoms with Crippen LogP contribution in [0.2, 0.25) is 0 Å². The monoisotopic (exact) mass is 227 g/mol. The van der Waals surface area contributed by atoms with Crippen molar-refractivity contribution in [3.63, 3.8) is 0 Å². The van der Waals surface area contributed by atoms with Crippen LogP contribution in [-0.4, -0.2) is 11.0 Å². The Balaban J connectivity index is 2.09. The summed E-state index contributed by atoms with van der Waals surface area (Å²) in [6.07, 6.45) is 3.87. The number of benzene rings is 1. The van der Waals surface area contributed by atoms with E-state index < -0.39 is 0 Å². The van der Waals surface area contributed by atoms with Gasteiger partial charge >= 0.3 is 0 Å². The average molecular weight is 227 g/mol. The summed E-state index contributed by atoms with van der Waals surface area (Å²) in [4.78, 5) is 4.53. The zero-order valence-electron chi connectivity index (χ0n) is 10.0. The van der Waals surface area contributed by atoms with Crippen LogP contribution in [0.4, 0.5) is 11.4 Å². The Hall–Kier alpha value is -1.77. The van der Waals surface area contributed by atoms with Gasteiger partial charge in [-0.3, -0.25) is 4.98 Å². The number of hydrogen-bond donors (Lipinski definition) is 2. The second kappa shape index (κ2) is 3.91. The predicted molar refractivity (Wildman–Crippen MR) is 72.2 cm³/mol. The Morgan fingerprint density at radius 3 is 2.82 bits per heavy atom. The van der Waals surface area contributed by atoms with Gasteiger partial charge in [-0.2, -0.15) is 0 Å². The number of anilines is 2. The molecule has 3 N–H and O–H groups in total.